The van der Waals surface area contributed by atoms with Crippen LogP contribution >= 0.6 is 11.8 Å². The molecule has 0 spiro atoms. The molecule has 1 unspecified atom stereocenters. The maximum Gasteiger partial charge on any atom is 0.228 e. The molecule has 0 aliphatic rings. The third-order valence-electron chi connectivity index (χ3n) is 2.77. The summed E-state index contributed by atoms with van der Waals surface area (Å²) in [5.74, 6) is 2.10. The Morgan fingerprint density at radius 1 is 1.25 bits per heavy atom. The topological polar surface area (TPSA) is 64.9 Å². The number of aromatic nitrogens is 2. The summed E-state index contributed by atoms with van der Waals surface area (Å²) in [7, 11) is 0. The van der Waals surface area contributed by atoms with Crippen LogP contribution in [0.15, 0.2) is 34.9 Å². The monoisotopic (exact) mass is 291 g/mol. The van der Waals surface area contributed by atoms with Crippen LogP contribution in [0.5, 0.6) is 0 Å². The maximum atomic E-state index is 6.15. The SMILES string of the molecule is CC(C)(C)SCc1noc(CC(N)c2ccccc2)n1. The average molecular weight is 291 g/mol. The van der Waals surface area contributed by atoms with E-state index in [0.717, 1.165) is 17.1 Å². The van der Waals surface area contributed by atoms with E-state index in [-0.39, 0.29) is 10.8 Å². The van der Waals surface area contributed by atoms with Crippen molar-refractivity contribution in [2.24, 2.45) is 5.73 Å². The Morgan fingerprint density at radius 2 is 1.95 bits per heavy atom. The summed E-state index contributed by atoms with van der Waals surface area (Å²) in [4.78, 5) is 4.40. The highest BCUT2D eigenvalue weighted by molar-refractivity contribution is 7.99. The zero-order valence-corrected chi connectivity index (χ0v) is 13.0. The highest BCUT2D eigenvalue weighted by atomic mass is 32.2. The highest BCUT2D eigenvalue weighted by Gasteiger charge is 2.15. The second-order valence-corrected chi connectivity index (χ2v) is 7.53. The third-order valence-corrected chi connectivity index (χ3v) is 4.04. The Labute approximate surface area is 124 Å². The van der Waals surface area contributed by atoms with Gasteiger partial charge in [-0.1, -0.05) is 56.3 Å². The van der Waals surface area contributed by atoms with Gasteiger partial charge in [-0.25, -0.2) is 0 Å². The van der Waals surface area contributed by atoms with Crippen LogP contribution in [-0.2, 0) is 12.2 Å². The number of thioether (sulfide) groups is 1. The summed E-state index contributed by atoms with van der Waals surface area (Å²) >= 11 is 1.80. The smallest absolute Gasteiger partial charge is 0.228 e. The predicted octanol–water partition coefficient (Wildman–Crippen LogP) is 3.34. The molecule has 0 radical (unpaired) electrons. The van der Waals surface area contributed by atoms with E-state index in [9.17, 15) is 0 Å². The van der Waals surface area contributed by atoms with Crippen LogP contribution in [-0.4, -0.2) is 14.9 Å². The van der Waals surface area contributed by atoms with Crippen LogP contribution in [0, 0.1) is 0 Å². The van der Waals surface area contributed by atoms with Gasteiger partial charge in [0.05, 0.1) is 5.75 Å². The molecule has 2 aromatic rings. The van der Waals surface area contributed by atoms with Gasteiger partial charge >= 0.3 is 0 Å². The molecular formula is C15H21N3OS. The molecule has 1 aromatic heterocycles. The zero-order valence-electron chi connectivity index (χ0n) is 12.2. The Hall–Kier alpha value is -1.33. The molecule has 0 saturated carbocycles. The van der Waals surface area contributed by atoms with Gasteiger partial charge in [0.2, 0.25) is 5.89 Å². The summed E-state index contributed by atoms with van der Waals surface area (Å²) in [6.07, 6.45) is 0.567. The molecule has 0 bridgehead atoms. The van der Waals surface area contributed by atoms with E-state index < -0.39 is 0 Å². The van der Waals surface area contributed by atoms with Crippen LogP contribution in [0.4, 0.5) is 0 Å². The molecule has 0 aliphatic heterocycles. The molecule has 20 heavy (non-hydrogen) atoms. The Kier molecular flexibility index (Phi) is 4.83. The number of rotatable bonds is 5. The van der Waals surface area contributed by atoms with E-state index >= 15 is 0 Å². The lowest BCUT2D eigenvalue weighted by Gasteiger charge is -2.15. The molecule has 0 fully saturated rings. The molecule has 0 aliphatic carbocycles. The number of nitrogens with two attached hydrogens (primary N) is 1. The lowest BCUT2D eigenvalue weighted by Crippen LogP contribution is -2.13. The fraction of sp³-hybridized carbons (Fsp3) is 0.467. The quantitative estimate of drug-likeness (QED) is 0.915. The van der Waals surface area contributed by atoms with Crippen LogP contribution in [0.1, 0.15) is 44.1 Å². The molecule has 0 amide bonds. The Morgan fingerprint density at radius 3 is 2.60 bits per heavy atom. The molecule has 5 heteroatoms. The van der Waals surface area contributed by atoms with Crippen molar-refractivity contribution in [2.45, 2.75) is 43.7 Å². The predicted molar refractivity (Wildman–Crippen MR) is 82.4 cm³/mol. The van der Waals surface area contributed by atoms with Gasteiger partial charge in [0.15, 0.2) is 5.82 Å². The van der Waals surface area contributed by atoms with Gasteiger partial charge in [-0.3, -0.25) is 0 Å². The van der Waals surface area contributed by atoms with E-state index in [4.69, 9.17) is 10.3 Å². The summed E-state index contributed by atoms with van der Waals surface area (Å²) in [6.45, 7) is 6.51. The van der Waals surface area contributed by atoms with E-state index in [2.05, 4.69) is 30.9 Å². The van der Waals surface area contributed by atoms with Crippen LogP contribution in [0.25, 0.3) is 0 Å². The van der Waals surface area contributed by atoms with Crippen molar-refractivity contribution < 1.29 is 4.52 Å². The van der Waals surface area contributed by atoms with Crippen molar-refractivity contribution in [3.63, 3.8) is 0 Å². The largest absolute Gasteiger partial charge is 0.339 e. The first-order valence-electron chi connectivity index (χ1n) is 6.70. The van der Waals surface area contributed by atoms with Gasteiger partial charge < -0.3 is 10.3 Å². The number of benzene rings is 1. The summed E-state index contributed by atoms with van der Waals surface area (Å²) in [5.41, 5.74) is 7.23. The van der Waals surface area contributed by atoms with E-state index in [1.54, 1.807) is 11.8 Å². The summed E-state index contributed by atoms with van der Waals surface area (Å²) in [5, 5.41) is 4.00. The Balaban J connectivity index is 1.93. The summed E-state index contributed by atoms with van der Waals surface area (Å²) < 4.78 is 5.46. The van der Waals surface area contributed by atoms with Gasteiger partial charge in [0, 0.05) is 17.2 Å². The molecule has 108 valence electrons. The highest BCUT2D eigenvalue weighted by Crippen LogP contribution is 2.26. The fourth-order valence-electron chi connectivity index (χ4n) is 1.72. The molecule has 4 nitrogen and oxygen atoms in total. The van der Waals surface area contributed by atoms with Gasteiger partial charge in [-0.15, -0.1) is 11.8 Å². The van der Waals surface area contributed by atoms with E-state index in [1.807, 2.05) is 30.3 Å². The molecule has 1 aromatic carbocycles. The second kappa shape index (κ2) is 6.41. The number of hydrogen-bond donors (Lipinski definition) is 1. The van der Waals surface area contributed by atoms with Crippen molar-refractivity contribution in [1.82, 2.24) is 10.1 Å². The molecular weight excluding hydrogens is 270 g/mol. The van der Waals surface area contributed by atoms with Gasteiger partial charge in [-0.2, -0.15) is 4.98 Å². The Bertz CT molecular complexity index is 534. The fourth-order valence-corrected chi connectivity index (χ4v) is 2.40. The van der Waals surface area contributed by atoms with Gasteiger partial charge in [0.1, 0.15) is 0 Å². The van der Waals surface area contributed by atoms with Crippen molar-refractivity contribution in [1.29, 1.82) is 0 Å². The van der Waals surface area contributed by atoms with Crippen molar-refractivity contribution >= 4 is 11.8 Å². The van der Waals surface area contributed by atoms with Gasteiger partial charge in [-0.05, 0) is 5.56 Å². The van der Waals surface area contributed by atoms with Crippen molar-refractivity contribution in [3.05, 3.63) is 47.6 Å². The molecule has 0 saturated heterocycles. The first-order valence-corrected chi connectivity index (χ1v) is 7.68. The van der Waals surface area contributed by atoms with Crippen molar-refractivity contribution in [2.75, 3.05) is 0 Å². The summed E-state index contributed by atoms with van der Waals surface area (Å²) in [6, 6.07) is 9.85. The average Bonchev–Trinajstić information content (AvgIpc) is 2.84. The standard InChI is InChI=1S/C15H21N3OS/c1-15(2,3)20-10-13-17-14(19-18-13)9-12(16)11-7-5-4-6-8-11/h4-8,12H,9-10,16H2,1-3H3. The third kappa shape index (κ3) is 4.65. The van der Waals surface area contributed by atoms with Crippen LogP contribution in [0.2, 0.25) is 0 Å². The number of nitrogens with zero attached hydrogens (tertiary/aromatic N) is 2. The minimum Gasteiger partial charge on any atom is -0.339 e. The van der Waals surface area contributed by atoms with Crippen LogP contribution in [0.3, 0.4) is 0 Å². The zero-order chi connectivity index (χ0) is 14.6. The van der Waals surface area contributed by atoms with E-state index in [0.29, 0.717) is 12.3 Å². The minimum atomic E-state index is -0.111. The lowest BCUT2D eigenvalue weighted by atomic mass is 10.1. The molecule has 1 atom stereocenters. The van der Waals surface area contributed by atoms with E-state index in [1.165, 1.54) is 0 Å². The van der Waals surface area contributed by atoms with Crippen molar-refractivity contribution in [3.8, 4) is 0 Å². The molecule has 2 N–H and O–H groups in total. The number of hydrogen-bond acceptors (Lipinski definition) is 5. The maximum absolute atomic E-state index is 6.15. The second-order valence-electron chi connectivity index (χ2n) is 5.73. The minimum absolute atomic E-state index is 0.111. The molecule has 2 rings (SSSR count). The van der Waals surface area contributed by atoms with Gasteiger partial charge in [0.25, 0.3) is 0 Å². The first-order chi connectivity index (χ1) is 9.44. The first kappa shape index (κ1) is 15.1. The molecule has 1 heterocycles. The van der Waals surface area contributed by atoms with Crippen LogP contribution < -0.4 is 5.73 Å². The normalized spacial score (nSPS) is 13.4. The lowest BCUT2D eigenvalue weighted by molar-refractivity contribution is 0.366.